The molecule has 1 aromatic carbocycles. The number of nitrogens with one attached hydrogen (secondary N) is 1. The molecule has 1 saturated heterocycles. The number of amides is 1. The van der Waals surface area contributed by atoms with Gasteiger partial charge in [-0.1, -0.05) is 23.2 Å². The summed E-state index contributed by atoms with van der Waals surface area (Å²) in [5.41, 5.74) is 0.937. The number of nitrogens with zero attached hydrogens (tertiary/aromatic N) is 1. The number of rotatable bonds is 1. The largest absolute Gasteiger partial charge is 0.362 e. The maximum Gasteiger partial charge on any atom is 0.239 e. The predicted octanol–water partition coefficient (Wildman–Crippen LogP) is 2.32. The monoisotopic (exact) mass is 258 g/mol. The number of carbonyl (C=O) groups is 1. The van der Waals surface area contributed by atoms with Crippen LogP contribution < -0.4 is 10.2 Å². The zero-order valence-electron chi connectivity index (χ0n) is 8.67. The Morgan fingerprint density at radius 2 is 2.06 bits per heavy atom. The maximum atomic E-state index is 11.4. The fourth-order valence-electron chi connectivity index (χ4n) is 1.71. The SMILES string of the molecule is O=C1CN(c2ccc(Cl)c(Cl)c2)CCCN1. The minimum absolute atomic E-state index is 0.0450. The topological polar surface area (TPSA) is 32.3 Å². The lowest BCUT2D eigenvalue weighted by Gasteiger charge is -2.21. The van der Waals surface area contributed by atoms with Crippen LogP contribution in [0.25, 0.3) is 0 Å². The first-order valence-corrected chi connectivity index (χ1v) is 5.89. The van der Waals surface area contributed by atoms with Crippen molar-refractivity contribution in [1.82, 2.24) is 5.32 Å². The zero-order valence-corrected chi connectivity index (χ0v) is 10.2. The number of halogens is 2. The van der Waals surface area contributed by atoms with E-state index in [9.17, 15) is 4.79 Å². The highest BCUT2D eigenvalue weighted by atomic mass is 35.5. The van der Waals surface area contributed by atoms with Gasteiger partial charge in [-0.3, -0.25) is 4.79 Å². The third-order valence-electron chi connectivity index (χ3n) is 2.53. The predicted molar refractivity (Wildman–Crippen MR) is 66.3 cm³/mol. The van der Waals surface area contributed by atoms with Gasteiger partial charge in [0, 0.05) is 18.8 Å². The lowest BCUT2D eigenvalue weighted by Crippen LogP contribution is -2.32. The van der Waals surface area contributed by atoms with E-state index in [1.54, 1.807) is 12.1 Å². The molecule has 2 rings (SSSR count). The van der Waals surface area contributed by atoms with Crippen LogP contribution in [0.3, 0.4) is 0 Å². The quantitative estimate of drug-likeness (QED) is 0.839. The van der Waals surface area contributed by atoms with E-state index in [0.717, 1.165) is 25.2 Å². The van der Waals surface area contributed by atoms with Crippen LogP contribution in [0, 0.1) is 0 Å². The van der Waals surface area contributed by atoms with E-state index in [4.69, 9.17) is 23.2 Å². The Morgan fingerprint density at radius 1 is 1.25 bits per heavy atom. The van der Waals surface area contributed by atoms with Crippen LogP contribution in [0.4, 0.5) is 5.69 Å². The van der Waals surface area contributed by atoms with Gasteiger partial charge < -0.3 is 10.2 Å². The van der Waals surface area contributed by atoms with E-state index < -0.39 is 0 Å². The summed E-state index contributed by atoms with van der Waals surface area (Å²) in [6.07, 6.45) is 0.936. The lowest BCUT2D eigenvalue weighted by molar-refractivity contribution is -0.119. The minimum Gasteiger partial charge on any atom is -0.362 e. The highest BCUT2D eigenvalue weighted by Crippen LogP contribution is 2.27. The Labute approximate surface area is 104 Å². The Balaban J connectivity index is 2.21. The number of benzene rings is 1. The van der Waals surface area contributed by atoms with Crippen LogP contribution >= 0.6 is 23.2 Å². The second kappa shape index (κ2) is 4.93. The molecule has 1 amide bonds. The van der Waals surface area contributed by atoms with Gasteiger partial charge in [0.15, 0.2) is 0 Å². The van der Waals surface area contributed by atoms with Crippen molar-refractivity contribution in [3.63, 3.8) is 0 Å². The van der Waals surface area contributed by atoms with Gasteiger partial charge in [-0.05, 0) is 24.6 Å². The second-order valence-corrected chi connectivity index (χ2v) is 4.54. The zero-order chi connectivity index (χ0) is 11.5. The van der Waals surface area contributed by atoms with Crippen LogP contribution in [0.1, 0.15) is 6.42 Å². The van der Waals surface area contributed by atoms with Crippen molar-refractivity contribution in [2.45, 2.75) is 6.42 Å². The van der Waals surface area contributed by atoms with Crippen molar-refractivity contribution in [2.75, 3.05) is 24.5 Å². The fraction of sp³-hybridized carbons (Fsp3) is 0.364. The van der Waals surface area contributed by atoms with Crippen LogP contribution in [0.5, 0.6) is 0 Å². The molecule has 86 valence electrons. The molecule has 0 aliphatic carbocycles. The van der Waals surface area contributed by atoms with E-state index >= 15 is 0 Å². The van der Waals surface area contributed by atoms with Crippen molar-refractivity contribution < 1.29 is 4.79 Å². The van der Waals surface area contributed by atoms with E-state index in [1.807, 2.05) is 11.0 Å². The fourth-order valence-corrected chi connectivity index (χ4v) is 2.00. The minimum atomic E-state index is 0.0450. The van der Waals surface area contributed by atoms with Gasteiger partial charge in [0.05, 0.1) is 16.6 Å². The molecule has 1 aliphatic rings. The summed E-state index contributed by atoms with van der Waals surface area (Å²) < 4.78 is 0. The molecule has 1 N–H and O–H groups in total. The van der Waals surface area contributed by atoms with Crippen LogP contribution in [-0.2, 0) is 4.79 Å². The number of anilines is 1. The Hall–Kier alpha value is -0.930. The highest BCUT2D eigenvalue weighted by Gasteiger charge is 2.15. The van der Waals surface area contributed by atoms with E-state index in [1.165, 1.54) is 0 Å². The molecule has 0 aromatic heterocycles. The maximum absolute atomic E-state index is 11.4. The molecule has 1 heterocycles. The average Bonchev–Trinajstić information content (AvgIpc) is 2.47. The first-order valence-electron chi connectivity index (χ1n) is 5.13. The van der Waals surface area contributed by atoms with Gasteiger partial charge in [0.1, 0.15) is 0 Å². The number of hydrogen-bond acceptors (Lipinski definition) is 2. The standard InChI is InChI=1S/C11H12Cl2N2O/c12-9-3-2-8(6-10(9)13)15-5-1-4-14-11(16)7-15/h2-3,6H,1,4-5,7H2,(H,14,16). The summed E-state index contributed by atoms with van der Waals surface area (Å²) in [5.74, 6) is 0.0450. The van der Waals surface area contributed by atoms with Gasteiger partial charge in [-0.25, -0.2) is 0 Å². The average molecular weight is 259 g/mol. The van der Waals surface area contributed by atoms with E-state index in [2.05, 4.69) is 5.32 Å². The molecular weight excluding hydrogens is 247 g/mol. The molecule has 1 aromatic rings. The smallest absolute Gasteiger partial charge is 0.239 e. The molecular formula is C11H12Cl2N2O. The molecule has 0 unspecified atom stereocenters. The Morgan fingerprint density at radius 3 is 2.81 bits per heavy atom. The van der Waals surface area contributed by atoms with Crippen molar-refractivity contribution in [2.24, 2.45) is 0 Å². The first kappa shape index (κ1) is 11.6. The van der Waals surface area contributed by atoms with Crippen molar-refractivity contribution in [3.8, 4) is 0 Å². The number of hydrogen-bond donors (Lipinski definition) is 1. The summed E-state index contributed by atoms with van der Waals surface area (Å²) in [7, 11) is 0. The summed E-state index contributed by atoms with van der Waals surface area (Å²) in [4.78, 5) is 13.4. The van der Waals surface area contributed by atoms with Gasteiger partial charge in [-0.2, -0.15) is 0 Å². The molecule has 16 heavy (non-hydrogen) atoms. The van der Waals surface area contributed by atoms with Crippen molar-refractivity contribution >= 4 is 34.8 Å². The molecule has 0 bridgehead atoms. The summed E-state index contributed by atoms with van der Waals surface area (Å²) in [6.45, 7) is 1.95. The van der Waals surface area contributed by atoms with E-state index in [0.29, 0.717) is 16.6 Å². The number of carbonyl (C=O) groups excluding carboxylic acids is 1. The summed E-state index contributed by atoms with van der Waals surface area (Å²) in [5, 5.41) is 3.88. The third kappa shape index (κ3) is 2.60. The third-order valence-corrected chi connectivity index (χ3v) is 3.27. The molecule has 0 saturated carbocycles. The molecule has 1 fully saturated rings. The molecule has 5 heteroatoms. The van der Waals surface area contributed by atoms with Gasteiger partial charge in [0.2, 0.25) is 5.91 Å². The van der Waals surface area contributed by atoms with Crippen molar-refractivity contribution in [1.29, 1.82) is 0 Å². The molecule has 0 spiro atoms. The molecule has 0 atom stereocenters. The first-order chi connectivity index (χ1) is 7.66. The van der Waals surface area contributed by atoms with E-state index in [-0.39, 0.29) is 5.91 Å². The van der Waals surface area contributed by atoms with Crippen molar-refractivity contribution in [3.05, 3.63) is 28.2 Å². The van der Waals surface area contributed by atoms with Crippen LogP contribution in [-0.4, -0.2) is 25.5 Å². The lowest BCUT2D eigenvalue weighted by atomic mass is 10.2. The van der Waals surface area contributed by atoms with Gasteiger partial charge in [0.25, 0.3) is 0 Å². The van der Waals surface area contributed by atoms with Crippen LogP contribution in [0.2, 0.25) is 10.0 Å². The molecule has 3 nitrogen and oxygen atoms in total. The summed E-state index contributed by atoms with van der Waals surface area (Å²) in [6, 6.07) is 5.43. The second-order valence-electron chi connectivity index (χ2n) is 3.72. The molecule has 0 radical (unpaired) electrons. The Kier molecular flexibility index (Phi) is 3.56. The van der Waals surface area contributed by atoms with Gasteiger partial charge in [-0.15, -0.1) is 0 Å². The highest BCUT2D eigenvalue weighted by molar-refractivity contribution is 6.42. The summed E-state index contributed by atoms with van der Waals surface area (Å²) >= 11 is 11.8. The molecule has 1 aliphatic heterocycles. The Bertz CT molecular complexity index is 409. The van der Waals surface area contributed by atoms with Gasteiger partial charge >= 0.3 is 0 Å². The normalized spacial score (nSPS) is 16.9. The van der Waals surface area contributed by atoms with Crippen LogP contribution in [0.15, 0.2) is 18.2 Å².